The highest BCUT2D eigenvalue weighted by molar-refractivity contribution is 5.50. The Kier molecular flexibility index (Phi) is 6.80. The third kappa shape index (κ3) is 4.51. The van der Waals surface area contributed by atoms with Crippen molar-refractivity contribution in [2.75, 3.05) is 13.7 Å². The van der Waals surface area contributed by atoms with E-state index in [4.69, 9.17) is 9.47 Å². The molecule has 1 fully saturated rings. The lowest BCUT2D eigenvalue weighted by molar-refractivity contribution is -0.0137. The van der Waals surface area contributed by atoms with Gasteiger partial charge in [-0.15, -0.1) is 0 Å². The van der Waals surface area contributed by atoms with Crippen LogP contribution in [0.25, 0.3) is 0 Å². The molecular weight excluding hydrogens is 470 g/mol. The van der Waals surface area contributed by atoms with Crippen molar-refractivity contribution in [3.63, 3.8) is 0 Å². The van der Waals surface area contributed by atoms with E-state index in [0.717, 1.165) is 22.4 Å². The van der Waals surface area contributed by atoms with E-state index >= 15 is 0 Å². The van der Waals surface area contributed by atoms with E-state index in [1.165, 1.54) is 10.8 Å². The van der Waals surface area contributed by atoms with Crippen molar-refractivity contribution < 1.29 is 14.6 Å². The Labute approximate surface area is 214 Å². The van der Waals surface area contributed by atoms with Crippen molar-refractivity contribution in [3.05, 3.63) is 134 Å². The molecule has 1 aliphatic heterocycles. The number of nitrogens with zero attached hydrogens (tertiary/aromatic N) is 1. The van der Waals surface area contributed by atoms with Gasteiger partial charge in [0.25, 0.3) is 5.56 Å². The number of aliphatic hydroxyl groups excluding tert-OH is 1. The summed E-state index contributed by atoms with van der Waals surface area (Å²) in [5.41, 5.74) is 1.29. The smallest absolute Gasteiger partial charge is 0.330 e. The van der Waals surface area contributed by atoms with Crippen LogP contribution in [0, 0.1) is 6.92 Å². The van der Waals surface area contributed by atoms with E-state index in [2.05, 4.69) is 10.3 Å². The van der Waals surface area contributed by atoms with Gasteiger partial charge in [0.1, 0.15) is 11.9 Å². The quantitative estimate of drug-likeness (QED) is 0.338. The Hall–Kier alpha value is -3.98. The molecule has 1 saturated heterocycles. The van der Waals surface area contributed by atoms with Gasteiger partial charge >= 0.3 is 5.69 Å². The van der Waals surface area contributed by atoms with Crippen molar-refractivity contribution in [1.82, 2.24) is 14.9 Å². The van der Waals surface area contributed by atoms with Gasteiger partial charge in [-0.05, 0) is 35.7 Å². The van der Waals surface area contributed by atoms with Gasteiger partial charge in [0, 0.05) is 11.8 Å². The average Bonchev–Trinajstić information content (AvgIpc) is 3.29. The number of H-pyrrole nitrogens is 1. The van der Waals surface area contributed by atoms with Gasteiger partial charge in [0.2, 0.25) is 0 Å². The maximum absolute atomic E-state index is 12.5. The molecule has 0 unspecified atom stereocenters. The van der Waals surface area contributed by atoms with Crippen LogP contribution in [0.2, 0.25) is 0 Å². The Morgan fingerprint density at radius 1 is 0.946 bits per heavy atom. The SMILES string of the molecule is COc1ccc(C(N[C@H]2CO[C@@H](n3cc(C)c(=O)[nH]c3=O)[C@@H]2O)(c2ccccc2)c2ccccc2)cc1. The molecule has 8 heteroatoms. The standard InChI is InChI=1S/C29H29N3O5/c1-19-17-32(28(35)30-26(19)34)27-25(33)24(18-37-27)31-29(20-9-5-3-6-10-20,21-11-7-4-8-12-21)22-13-15-23(36-2)16-14-22/h3-17,24-25,27,31,33H,18H2,1-2H3,(H,30,34,35)/t24-,25+,27+/m0/s1. The molecule has 8 nitrogen and oxygen atoms in total. The van der Waals surface area contributed by atoms with Crippen molar-refractivity contribution in [2.24, 2.45) is 0 Å². The third-order valence-electron chi connectivity index (χ3n) is 6.91. The first-order chi connectivity index (χ1) is 17.9. The normalized spacial score (nSPS) is 19.6. The van der Waals surface area contributed by atoms with E-state index in [0.29, 0.717) is 5.56 Å². The van der Waals surface area contributed by atoms with Crippen LogP contribution in [-0.4, -0.2) is 40.5 Å². The molecule has 0 aliphatic carbocycles. The zero-order valence-corrected chi connectivity index (χ0v) is 20.6. The third-order valence-corrected chi connectivity index (χ3v) is 6.91. The lowest BCUT2D eigenvalue weighted by Crippen LogP contribution is -2.54. The average molecular weight is 500 g/mol. The number of benzene rings is 3. The minimum absolute atomic E-state index is 0.147. The molecule has 1 aromatic heterocycles. The van der Waals surface area contributed by atoms with Crippen LogP contribution in [-0.2, 0) is 10.3 Å². The second kappa shape index (κ2) is 10.2. The van der Waals surface area contributed by atoms with E-state index in [-0.39, 0.29) is 6.61 Å². The molecule has 3 aromatic carbocycles. The molecule has 0 amide bonds. The number of hydrogen-bond donors (Lipinski definition) is 3. The van der Waals surface area contributed by atoms with E-state index in [9.17, 15) is 14.7 Å². The first kappa shape index (κ1) is 24.7. The van der Waals surface area contributed by atoms with Gasteiger partial charge in [-0.1, -0.05) is 72.8 Å². The lowest BCUT2D eigenvalue weighted by Gasteiger charge is -2.40. The molecule has 3 N–H and O–H groups in total. The van der Waals surface area contributed by atoms with Gasteiger partial charge in [0.15, 0.2) is 6.23 Å². The maximum atomic E-state index is 12.5. The Morgan fingerprint density at radius 3 is 2.08 bits per heavy atom. The molecule has 1 aliphatic rings. The molecule has 0 bridgehead atoms. The highest BCUT2D eigenvalue weighted by Crippen LogP contribution is 2.39. The van der Waals surface area contributed by atoms with Crippen LogP contribution >= 0.6 is 0 Å². The zero-order chi connectivity index (χ0) is 26.0. The van der Waals surface area contributed by atoms with Crippen LogP contribution in [0.4, 0.5) is 0 Å². The Bertz CT molecular complexity index is 1430. The van der Waals surface area contributed by atoms with E-state index in [1.54, 1.807) is 14.0 Å². The number of aromatic nitrogens is 2. The summed E-state index contributed by atoms with van der Waals surface area (Å²) in [6.07, 6.45) is -0.614. The molecule has 0 spiro atoms. The van der Waals surface area contributed by atoms with Crippen LogP contribution < -0.4 is 21.3 Å². The number of rotatable bonds is 7. The molecule has 3 atom stereocenters. The van der Waals surface area contributed by atoms with Crippen molar-refractivity contribution in [2.45, 2.75) is 30.8 Å². The summed E-state index contributed by atoms with van der Waals surface area (Å²) in [7, 11) is 1.63. The summed E-state index contributed by atoms with van der Waals surface area (Å²) in [4.78, 5) is 26.7. The fraction of sp³-hybridized carbons (Fsp3) is 0.241. The largest absolute Gasteiger partial charge is 0.497 e. The molecule has 5 rings (SSSR count). The van der Waals surface area contributed by atoms with Crippen LogP contribution in [0.1, 0.15) is 28.5 Å². The highest BCUT2D eigenvalue weighted by Gasteiger charge is 2.45. The molecule has 2 heterocycles. The zero-order valence-electron chi connectivity index (χ0n) is 20.6. The Morgan fingerprint density at radius 2 is 1.51 bits per heavy atom. The summed E-state index contributed by atoms with van der Waals surface area (Å²) in [6, 6.07) is 27.3. The predicted octanol–water partition coefficient (Wildman–Crippen LogP) is 2.69. The second-order valence-electron chi connectivity index (χ2n) is 9.15. The number of aryl methyl sites for hydroxylation is 1. The van der Waals surface area contributed by atoms with Gasteiger partial charge in [-0.3, -0.25) is 19.7 Å². The van der Waals surface area contributed by atoms with Crippen LogP contribution in [0.3, 0.4) is 0 Å². The van der Waals surface area contributed by atoms with Gasteiger partial charge < -0.3 is 14.6 Å². The lowest BCUT2D eigenvalue weighted by atomic mass is 9.76. The van der Waals surface area contributed by atoms with Crippen molar-refractivity contribution >= 4 is 0 Å². The predicted molar refractivity (Wildman–Crippen MR) is 140 cm³/mol. The number of ether oxygens (including phenoxy) is 2. The molecular formula is C29H29N3O5. The van der Waals surface area contributed by atoms with Crippen LogP contribution in [0.15, 0.2) is 101 Å². The summed E-state index contributed by atoms with van der Waals surface area (Å²) < 4.78 is 12.6. The second-order valence-corrected chi connectivity index (χ2v) is 9.15. The maximum Gasteiger partial charge on any atom is 0.330 e. The topological polar surface area (TPSA) is 106 Å². The van der Waals surface area contributed by atoms with Crippen molar-refractivity contribution in [1.29, 1.82) is 0 Å². The number of hydrogen-bond acceptors (Lipinski definition) is 6. The van der Waals surface area contributed by atoms with Gasteiger partial charge in [-0.2, -0.15) is 0 Å². The van der Waals surface area contributed by atoms with Gasteiger partial charge in [-0.25, -0.2) is 4.79 Å². The number of methoxy groups -OCH3 is 1. The molecule has 190 valence electrons. The molecule has 0 radical (unpaired) electrons. The molecule has 37 heavy (non-hydrogen) atoms. The molecule has 4 aromatic rings. The van der Waals surface area contributed by atoms with Crippen LogP contribution in [0.5, 0.6) is 5.75 Å². The van der Waals surface area contributed by atoms with E-state index < -0.39 is 35.2 Å². The summed E-state index contributed by atoms with van der Waals surface area (Å²) in [6.45, 7) is 1.75. The Balaban J connectivity index is 1.62. The summed E-state index contributed by atoms with van der Waals surface area (Å²) in [5, 5.41) is 15.1. The first-order valence-electron chi connectivity index (χ1n) is 12.1. The number of aromatic amines is 1. The number of aliphatic hydroxyl groups is 1. The highest BCUT2D eigenvalue weighted by atomic mass is 16.5. The monoisotopic (exact) mass is 499 g/mol. The van der Waals surface area contributed by atoms with Crippen molar-refractivity contribution in [3.8, 4) is 5.75 Å². The fourth-order valence-electron chi connectivity index (χ4n) is 4.99. The summed E-state index contributed by atoms with van der Waals surface area (Å²) in [5.74, 6) is 0.732. The summed E-state index contributed by atoms with van der Waals surface area (Å²) >= 11 is 0. The first-order valence-corrected chi connectivity index (χ1v) is 12.1. The van der Waals surface area contributed by atoms with Gasteiger partial charge in [0.05, 0.1) is 25.3 Å². The minimum Gasteiger partial charge on any atom is -0.497 e. The number of nitrogens with one attached hydrogen (secondary N) is 2. The fourth-order valence-corrected chi connectivity index (χ4v) is 4.99. The van der Waals surface area contributed by atoms with E-state index in [1.807, 2.05) is 84.9 Å². The molecule has 0 saturated carbocycles. The minimum atomic E-state index is -1.08.